The molecule has 1 aromatic carbocycles. The van der Waals surface area contributed by atoms with Crippen LogP contribution in [0.5, 0.6) is 0 Å². The molecule has 0 bridgehead atoms. The molecule has 0 amide bonds. The molecule has 0 saturated heterocycles. The number of halogens is 3. The van der Waals surface area contributed by atoms with Gasteiger partial charge in [-0.1, -0.05) is 5.11 Å². The first-order chi connectivity index (χ1) is 12.2. The number of nitrogens with zero attached hydrogens (tertiary/aromatic N) is 6. The van der Waals surface area contributed by atoms with E-state index in [0.29, 0.717) is 31.0 Å². The molecule has 134 valence electrons. The van der Waals surface area contributed by atoms with Crippen molar-refractivity contribution < 1.29 is 13.2 Å². The molecule has 3 aromatic rings. The Morgan fingerprint density at radius 2 is 2.04 bits per heavy atom. The Labute approximate surface area is 146 Å². The first-order valence-electron chi connectivity index (χ1n) is 7.04. The number of rotatable bonds is 3. The topological polar surface area (TPSA) is 106 Å². The highest BCUT2D eigenvalue weighted by atomic mass is 32.1. The van der Waals surface area contributed by atoms with Gasteiger partial charge in [-0.05, 0) is 35.3 Å². The second-order valence-corrected chi connectivity index (χ2v) is 6.05. The van der Waals surface area contributed by atoms with Crippen molar-refractivity contribution in [2.24, 2.45) is 12.2 Å². The van der Waals surface area contributed by atoms with Crippen molar-refractivity contribution in [1.82, 2.24) is 13.5 Å². The quantitative estimate of drug-likeness (QED) is 0.395. The molecule has 0 aliphatic heterocycles. The smallest absolute Gasteiger partial charge is 0.292 e. The van der Waals surface area contributed by atoms with E-state index in [2.05, 4.69) is 14.4 Å². The van der Waals surface area contributed by atoms with Gasteiger partial charge in [0.2, 0.25) is 0 Å². The van der Waals surface area contributed by atoms with E-state index in [1.807, 2.05) is 0 Å². The van der Waals surface area contributed by atoms with Gasteiger partial charge in [-0.3, -0.25) is 9.36 Å². The van der Waals surface area contributed by atoms with E-state index in [0.717, 1.165) is 18.6 Å². The van der Waals surface area contributed by atoms with Crippen LogP contribution in [0.1, 0.15) is 11.4 Å². The highest BCUT2D eigenvalue weighted by Crippen LogP contribution is 2.28. The zero-order valence-electron chi connectivity index (χ0n) is 13.1. The molecule has 26 heavy (non-hydrogen) atoms. The number of aromatic nitrogens is 3. The Balaban J connectivity index is 2.24. The average molecular weight is 382 g/mol. The Morgan fingerprint density at radius 3 is 2.69 bits per heavy atom. The van der Waals surface area contributed by atoms with Crippen LogP contribution in [0.3, 0.4) is 0 Å². The molecule has 0 atom stereocenters. The molecule has 2 heterocycles. The van der Waals surface area contributed by atoms with Gasteiger partial charge < -0.3 is 0 Å². The Morgan fingerprint density at radius 1 is 1.31 bits per heavy atom. The predicted octanol–water partition coefficient (Wildman–Crippen LogP) is 2.98. The fourth-order valence-corrected chi connectivity index (χ4v) is 3.23. The van der Waals surface area contributed by atoms with Gasteiger partial charge in [0.15, 0.2) is 0 Å². The van der Waals surface area contributed by atoms with Crippen LogP contribution in [0.25, 0.3) is 26.2 Å². The maximum Gasteiger partial charge on any atom is 0.431 e. The minimum Gasteiger partial charge on any atom is -0.292 e. The fraction of sp³-hybridized carbons (Fsp3) is 0.214. The second-order valence-electron chi connectivity index (χ2n) is 5.24. The van der Waals surface area contributed by atoms with Gasteiger partial charge in [-0.25, -0.2) is 9.36 Å². The number of alkyl halides is 3. The summed E-state index contributed by atoms with van der Waals surface area (Å²) in [6.45, 7) is -0.0279. The summed E-state index contributed by atoms with van der Waals surface area (Å²) >= 11 is 1.13. The second kappa shape index (κ2) is 6.32. The summed E-state index contributed by atoms with van der Waals surface area (Å²) in [6.07, 6.45) is -4.82. The predicted molar refractivity (Wildman–Crippen MR) is 88.3 cm³/mol. The Kier molecular flexibility index (Phi) is 4.30. The molecule has 0 aliphatic rings. The summed E-state index contributed by atoms with van der Waals surface area (Å²) in [5, 5.41) is 3.97. The Hall–Kier alpha value is -3.11. The van der Waals surface area contributed by atoms with Crippen molar-refractivity contribution >= 4 is 21.6 Å². The van der Waals surface area contributed by atoms with E-state index in [4.69, 9.17) is 5.53 Å². The zero-order valence-corrected chi connectivity index (χ0v) is 13.9. The maximum atomic E-state index is 12.9. The van der Waals surface area contributed by atoms with Crippen LogP contribution in [-0.2, 0) is 19.8 Å². The normalized spacial score (nSPS) is 11.5. The minimum absolute atomic E-state index is 0.0279. The molecule has 8 nitrogen and oxygen atoms in total. The van der Waals surface area contributed by atoms with Gasteiger partial charge in [-0.2, -0.15) is 17.5 Å². The first-order valence-corrected chi connectivity index (χ1v) is 7.81. The van der Waals surface area contributed by atoms with Crippen molar-refractivity contribution in [3.8, 4) is 5.69 Å². The summed E-state index contributed by atoms with van der Waals surface area (Å²) in [4.78, 5) is 27.1. The average Bonchev–Trinajstić information content (AvgIpc) is 2.98. The van der Waals surface area contributed by atoms with Gasteiger partial charge in [0.05, 0.1) is 22.6 Å². The van der Waals surface area contributed by atoms with Crippen molar-refractivity contribution in [1.29, 1.82) is 0 Å². The van der Waals surface area contributed by atoms with E-state index in [9.17, 15) is 22.8 Å². The Bertz CT molecular complexity index is 1170. The molecule has 0 spiro atoms. The van der Waals surface area contributed by atoms with Gasteiger partial charge >= 0.3 is 11.9 Å². The molecular weight excluding hydrogens is 373 g/mol. The van der Waals surface area contributed by atoms with Gasteiger partial charge in [-0.15, -0.1) is 0 Å². The first kappa shape index (κ1) is 17.7. The zero-order chi connectivity index (χ0) is 19.1. The molecule has 2 aromatic heterocycles. The molecule has 0 radical (unpaired) electrons. The molecule has 0 unspecified atom stereocenters. The number of benzene rings is 1. The molecule has 0 N–H and O–H groups in total. The fourth-order valence-electron chi connectivity index (χ4n) is 2.46. The lowest BCUT2D eigenvalue weighted by molar-refractivity contribution is -0.144. The van der Waals surface area contributed by atoms with Crippen LogP contribution in [-0.4, -0.2) is 13.5 Å². The monoisotopic (exact) mass is 382 g/mol. The number of hydrogen-bond acceptors (Lipinski definition) is 5. The van der Waals surface area contributed by atoms with E-state index < -0.39 is 23.1 Å². The van der Waals surface area contributed by atoms with Crippen LogP contribution in [0.2, 0.25) is 0 Å². The summed E-state index contributed by atoms with van der Waals surface area (Å²) < 4.78 is 44.6. The van der Waals surface area contributed by atoms with Crippen LogP contribution in [0.15, 0.2) is 39.0 Å². The summed E-state index contributed by atoms with van der Waals surface area (Å²) in [5.41, 5.74) is 5.41. The van der Waals surface area contributed by atoms with Gasteiger partial charge in [0, 0.05) is 23.4 Å². The lowest BCUT2D eigenvalue weighted by Gasteiger charge is -2.14. The highest BCUT2D eigenvalue weighted by molar-refractivity contribution is 7.13. The minimum atomic E-state index is -4.82. The third kappa shape index (κ3) is 2.95. The van der Waals surface area contributed by atoms with Gasteiger partial charge in [0.25, 0.3) is 5.56 Å². The van der Waals surface area contributed by atoms with Crippen molar-refractivity contribution in [2.75, 3.05) is 0 Å². The standard InChI is InChI=1S/C14H9F3N6O2S/c1-22-11(14(15,16)17)5-12(24)23(13(22)25)7-2-3-10-8(4-7)9(20-26-10)6-19-21-18/h2-5H,6H2,1H3. The molecule has 0 aliphatic carbocycles. The summed E-state index contributed by atoms with van der Waals surface area (Å²) in [6, 6.07) is 4.86. The van der Waals surface area contributed by atoms with Crippen molar-refractivity contribution in [3.63, 3.8) is 0 Å². The van der Waals surface area contributed by atoms with Crippen LogP contribution >= 0.6 is 11.5 Å². The van der Waals surface area contributed by atoms with Crippen LogP contribution in [0, 0.1) is 0 Å². The molecule has 3 rings (SSSR count). The van der Waals surface area contributed by atoms with E-state index in [-0.39, 0.29) is 12.2 Å². The van der Waals surface area contributed by atoms with Crippen molar-refractivity contribution in [2.45, 2.75) is 12.7 Å². The summed E-state index contributed by atoms with van der Waals surface area (Å²) in [5.74, 6) is 0. The van der Waals surface area contributed by atoms with E-state index in [1.54, 1.807) is 6.07 Å². The van der Waals surface area contributed by atoms with E-state index in [1.165, 1.54) is 12.1 Å². The molecule has 0 fully saturated rings. The highest BCUT2D eigenvalue weighted by Gasteiger charge is 2.35. The van der Waals surface area contributed by atoms with Gasteiger partial charge in [0.1, 0.15) is 5.69 Å². The number of hydrogen-bond donors (Lipinski definition) is 0. The molecule has 0 saturated carbocycles. The van der Waals surface area contributed by atoms with E-state index >= 15 is 0 Å². The molecule has 12 heteroatoms. The number of azide groups is 1. The molecular formula is C14H9F3N6O2S. The lowest BCUT2D eigenvalue weighted by atomic mass is 10.2. The number of fused-ring (bicyclic) bond motifs is 1. The van der Waals surface area contributed by atoms with Crippen LogP contribution in [0.4, 0.5) is 13.2 Å². The van der Waals surface area contributed by atoms with Crippen LogP contribution < -0.4 is 11.2 Å². The third-order valence-corrected chi connectivity index (χ3v) is 4.55. The third-order valence-electron chi connectivity index (χ3n) is 3.68. The van der Waals surface area contributed by atoms with Crippen molar-refractivity contribution in [3.05, 3.63) is 66.9 Å². The maximum absolute atomic E-state index is 12.9. The SMILES string of the molecule is Cn1c(C(F)(F)F)cc(=O)n(-c2ccc3snc(CN=[N+]=[N-])c3c2)c1=O. The largest absolute Gasteiger partial charge is 0.431 e. The summed E-state index contributed by atoms with van der Waals surface area (Å²) in [7, 11) is 0.943. The lowest BCUT2D eigenvalue weighted by Crippen LogP contribution is -2.40.